The summed E-state index contributed by atoms with van der Waals surface area (Å²) in [5.74, 6) is 0.633. The van der Waals surface area contributed by atoms with Gasteiger partial charge >= 0.3 is 0 Å². The SMILES string of the molecule is CC/C=[N+](\[O-])C1CCCCC1CC. The van der Waals surface area contributed by atoms with Crippen molar-refractivity contribution < 1.29 is 4.74 Å². The molecule has 1 fully saturated rings. The molecule has 1 aliphatic carbocycles. The summed E-state index contributed by atoms with van der Waals surface area (Å²) in [7, 11) is 0. The van der Waals surface area contributed by atoms with Gasteiger partial charge in [-0.2, -0.15) is 0 Å². The van der Waals surface area contributed by atoms with E-state index in [1.54, 1.807) is 6.21 Å². The molecule has 0 aromatic heterocycles. The van der Waals surface area contributed by atoms with Crippen LogP contribution in [-0.2, 0) is 0 Å². The molecule has 0 saturated heterocycles. The Balaban J connectivity index is 2.58. The molecule has 2 heteroatoms. The molecule has 0 aromatic carbocycles. The highest BCUT2D eigenvalue weighted by Gasteiger charge is 2.29. The first kappa shape index (κ1) is 10.6. The van der Waals surface area contributed by atoms with Crippen LogP contribution in [0.25, 0.3) is 0 Å². The molecule has 0 bridgehead atoms. The van der Waals surface area contributed by atoms with Crippen molar-refractivity contribution >= 4 is 6.21 Å². The standard InChI is InChI=1S/C11H21NO/c1-3-9-12(13)11-8-6-5-7-10(11)4-2/h9-11H,3-8H2,1-2H3/b12-9-. The summed E-state index contributed by atoms with van der Waals surface area (Å²) < 4.78 is 1.22. The van der Waals surface area contributed by atoms with Crippen molar-refractivity contribution in [3.63, 3.8) is 0 Å². The fourth-order valence-corrected chi connectivity index (χ4v) is 2.31. The van der Waals surface area contributed by atoms with E-state index >= 15 is 0 Å². The Bertz CT molecular complexity index is 177. The molecule has 2 unspecified atom stereocenters. The molecule has 0 heterocycles. The van der Waals surface area contributed by atoms with Crippen LogP contribution in [-0.4, -0.2) is 17.0 Å². The zero-order valence-corrected chi connectivity index (χ0v) is 8.83. The van der Waals surface area contributed by atoms with Gasteiger partial charge in [0.1, 0.15) is 0 Å². The maximum atomic E-state index is 11.6. The summed E-state index contributed by atoms with van der Waals surface area (Å²) in [6, 6.07) is 0.277. The Morgan fingerprint density at radius 1 is 1.31 bits per heavy atom. The zero-order chi connectivity index (χ0) is 9.68. The molecule has 1 aliphatic rings. The zero-order valence-electron chi connectivity index (χ0n) is 8.83. The quantitative estimate of drug-likeness (QED) is 0.286. The molecule has 0 radical (unpaired) electrons. The lowest BCUT2D eigenvalue weighted by atomic mass is 9.83. The summed E-state index contributed by atoms with van der Waals surface area (Å²) >= 11 is 0. The van der Waals surface area contributed by atoms with Crippen molar-refractivity contribution in [2.75, 3.05) is 0 Å². The molecular weight excluding hydrogens is 162 g/mol. The lowest BCUT2D eigenvalue weighted by Crippen LogP contribution is -2.33. The lowest BCUT2D eigenvalue weighted by Gasteiger charge is -2.28. The molecular formula is C11H21NO. The highest BCUT2D eigenvalue weighted by molar-refractivity contribution is 5.50. The molecule has 0 N–H and O–H groups in total. The van der Waals surface area contributed by atoms with E-state index in [0.717, 1.165) is 19.3 Å². The van der Waals surface area contributed by atoms with Gasteiger partial charge in [-0.1, -0.05) is 20.3 Å². The van der Waals surface area contributed by atoms with Crippen molar-refractivity contribution in [3.8, 4) is 0 Å². The van der Waals surface area contributed by atoms with Crippen LogP contribution < -0.4 is 0 Å². The van der Waals surface area contributed by atoms with E-state index in [1.807, 2.05) is 6.92 Å². The van der Waals surface area contributed by atoms with E-state index < -0.39 is 0 Å². The van der Waals surface area contributed by atoms with Crippen molar-refractivity contribution in [1.29, 1.82) is 0 Å². The van der Waals surface area contributed by atoms with Gasteiger partial charge in [-0.25, -0.2) is 4.74 Å². The molecule has 0 amide bonds. The fraction of sp³-hybridized carbons (Fsp3) is 0.909. The maximum Gasteiger partial charge on any atom is 0.165 e. The Hall–Kier alpha value is -0.530. The van der Waals surface area contributed by atoms with E-state index in [9.17, 15) is 5.21 Å². The van der Waals surface area contributed by atoms with Gasteiger partial charge < -0.3 is 5.21 Å². The first-order chi connectivity index (χ1) is 6.29. The number of hydrogen-bond acceptors (Lipinski definition) is 1. The monoisotopic (exact) mass is 183 g/mol. The van der Waals surface area contributed by atoms with Gasteiger partial charge in [-0.05, 0) is 19.3 Å². The highest BCUT2D eigenvalue weighted by Crippen LogP contribution is 2.28. The third kappa shape index (κ3) is 2.71. The molecule has 1 rings (SSSR count). The van der Waals surface area contributed by atoms with E-state index in [1.165, 1.54) is 24.0 Å². The highest BCUT2D eigenvalue weighted by atomic mass is 16.5. The second kappa shape index (κ2) is 5.25. The molecule has 0 aromatic rings. The van der Waals surface area contributed by atoms with Gasteiger partial charge in [0.2, 0.25) is 0 Å². The number of hydrogen-bond donors (Lipinski definition) is 0. The van der Waals surface area contributed by atoms with Crippen LogP contribution in [0, 0.1) is 11.1 Å². The summed E-state index contributed by atoms with van der Waals surface area (Å²) in [6.45, 7) is 4.22. The van der Waals surface area contributed by atoms with Gasteiger partial charge in [0.15, 0.2) is 12.3 Å². The van der Waals surface area contributed by atoms with E-state index in [2.05, 4.69) is 6.92 Å². The van der Waals surface area contributed by atoms with Crippen LogP contribution >= 0.6 is 0 Å². The third-order valence-corrected chi connectivity index (χ3v) is 3.08. The summed E-state index contributed by atoms with van der Waals surface area (Å²) in [5.41, 5.74) is 0. The van der Waals surface area contributed by atoms with Crippen molar-refractivity contribution in [3.05, 3.63) is 5.21 Å². The van der Waals surface area contributed by atoms with Gasteiger partial charge in [0.05, 0.1) is 0 Å². The topological polar surface area (TPSA) is 26.1 Å². The van der Waals surface area contributed by atoms with E-state index in [4.69, 9.17) is 0 Å². The Kier molecular flexibility index (Phi) is 4.26. The smallest absolute Gasteiger partial charge is 0.165 e. The molecule has 2 atom stereocenters. The maximum absolute atomic E-state index is 11.6. The number of rotatable bonds is 3. The number of nitrogens with zero attached hydrogens (tertiary/aromatic N) is 1. The predicted molar refractivity (Wildman–Crippen MR) is 56.0 cm³/mol. The molecule has 2 nitrogen and oxygen atoms in total. The largest absolute Gasteiger partial charge is 0.624 e. The molecule has 1 saturated carbocycles. The first-order valence-corrected chi connectivity index (χ1v) is 5.58. The second-order valence-electron chi connectivity index (χ2n) is 3.97. The van der Waals surface area contributed by atoms with Gasteiger partial charge in [0.25, 0.3) is 0 Å². The molecule has 13 heavy (non-hydrogen) atoms. The third-order valence-electron chi connectivity index (χ3n) is 3.08. The summed E-state index contributed by atoms with van der Waals surface area (Å²) in [4.78, 5) is 0. The minimum Gasteiger partial charge on any atom is -0.624 e. The Morgan fingerprint density at radius 2 is 2.00 bits per heavy atom. The molecule has 0 spiro atoms. The van der Waals surface area contributed by atoms with Crippen molar-refractivity contribution in [2.45, 2.75) is 58.4 Å². The molecule has 0 aliphatic heterocycles. The average molecular weight is 183 g/mol. The second-order valence-corrected chi connectivity index (χ2v) is 3.97. The van der Waals surface area contributed by atoms with Gasteiger partial charge in [-0.15, -0.1) is 0 Å². The van der Waals surface area contributed by atoms with Gasteiger partial charge in [-0.3, -0.25) is 0 Å². The molecule has 76 valence electrons. The number of hydroxylamine groups is 1. The van der Waals surface area contributed by atoms with Crippen molar-refractivity contribution in [2.24, 2.45) is 5.92 Å². The van der Waals surface area contributed by atoms with Crippen LogP contribution in [0.3, 0.4) is 0 Å². The van der Waals surface area contributed by atoms with Crippen LogP contribution in [0.2, 0.25) is 0 Å². The van der Waals surface area contributed by atoms with E-state index in [-0.39, 0.29) is 6.04 Å². The van der Waals surface area contributed by atoms with Gasteiger partial charge in [0, 0.05) is 18.8 Å². The summed E-state index contributed by atoms with van der Waals surface area (Å²) in [5, 5.41) is 11.6. The lowest BCUT2D eigenvalue weighted by molar-refractivity contribution is -0.512. The Labute approximate surface area is 81.2 Å². The van der Waals surface area contributed by atoms with Crippen molar-refractivity contribution in [1.82, 2.24) is 0 Å². The van der Waals surface area contributed by atoms with Crippen LogP contribution in [0.15, 0.2) is 0 Å². The van der Waals surface area contributed by atoms with Crippen LogP contribution in [0.5, 0.6) is 0 Å². The Morgan fingerprint density at radius 3 is 2.62 bits per heavy atom. The fourth-order valence-electron chi connectivity index (χ4n) is 2.31. The average Bonchev–Trinajstić information content (AvgIpc) is 2.18. The first-order valence-electron chi connectivity index (χ1n) is 5.58. The minimum absolute atomic E-state index is 0.277. The van der Waals surface area contributed by atoms with Crippen LogP contribution in [0.1, 0.15) is 52.4 Å². The normalized spacial score (nSPS) is 30.5. The minimum atomic E-state index is 0.277. The van der Waals surface area contributed by atoms with E-state index in [0.29, 0.717) is 5.92 Å². The van der Waals surface area contributed by atoms with Crippen LogP contribution in [0.4, 0.5) is 0 Å². The summed E-state index contributed by atoms with van der Waals surface area (Å²) in [6.07, 6.45) is 8.69. The predicted octanol–water partition coefficient (Wildman–Crippen LogP) is 2.95.